The second-order valence-electron chi connectivity index (χ2n) is 7.56. The number of methoxy groups -OCH3 is 2. The Morgan fingerprint density at radius 2 is 1.54 bits per heavy atom. The Labute approximate surface area is 175 Å². The fourth-order valence-electron chi connectivity index (χ4n) is 4.12. The molecule has 2 aliphatic rings. The van der Waals surface area contributed by atoms with Crippen LogP contribution in [0.4, 0.5) is 0 Å². The zero-order valence-corrected chi connectivity index (χ0v) is 18.3. The van der Waals surface area contributed by atoms with E-state index in [1.807, 2.05) is 4.90 Å². The number of hydrogen-bond donors (Lipinski definition) is 0. The number of rotatable bonds is 6. The molecule has 0 atom stereocenters. The number of ether oxygens (including phenoxy) is 2. The number of hydrogen-bond acceptors (Lipinski definition) is 4. The van der Waals surface area contributed by atoms with E-state index in [1.54, 1.807) is 31.3 Å². The molecule has 3 rings (SSSR count). The van der Waals surface area contributed by atoms with Crippen molar-refractivity contribution in [2.24, 2.45) is 5.92 Å². The summed E-state index contributed by atoms with van der Waals surface area (Å²) in [6.45, 7) is 2.30. The average molecular weight is 453 g/mol. The summed E-state index contributed by atoms with van der Waals surface area (Å²) in [6.07, 6.45) is 6.82. The smallest absolute Gasteiger partial charge is 0.254 e. The Kier molecular flexibility index (Phi) is 7.21. The van der Waals surface area contributed by atoms with Gasteiger partial charge >= 0.3 is 0 Å². The maximum atomic E-state index is 12.9. The summed E-state index contributed by atoms with van der Waals surface area (Å²) in [7, 11) is 3.12. The number of halogens is 1. The molecule has 1 aliphatic carbocycles. The minimum atomic E-state index is -0.0674. The number of amides is 2. The second-order valence-corrected chi connectivity index (χ2v) is 8.35. The molecule has 1 aromatic carbocycles. The van der Waals surface area contributed by atoms with Crippen LogP contribution in [0.15, 0.2) is 16.6 Å². The van der Waals surface area contributed by atoms with E-state index in [9.17, 15) is 9.59 Å². The van der Waals surface area contributed by atoms with Crippen molar-refractivity contribution < 1.29 is 19.1 Å². The monoisotopic (exact) mass is 452 g/mol. The molecule has 1 heterocycles. The van der Waals surface area contributed by atoms with E-state index in [4.69, 9.17) is 9.47 Å². The highest BCUT2D eigenvalue weighted by atomic mass is 79.9. The van der Waals surface area contributed by atoms with Gasteiger partial charge in [0.15, 0.2) is 0 Å². The second kappa shape index (κ2) is 9.63. The number of benzene rings is 1. The quantitative estimate of drug-likeness (QED) is 0.659. The van der Waals surface area contributed by atoms with E-state index in [1.165, 1.54) is 25.7 Å². The molecule has 1 aliphatic heterocycles. The van der Waals surface area contributed by atoms with Gasteiger partial charge in [0.1, 0.15) is 16.0 Å². The van der Waals surface area contributed by atoms with Crippen molar-refractivity contribution in [2.45, 2.75) is 38.5 Å². The van der Waals surface area contributed by atoms with Crippen molar-refractivity contribution in [3.63, 3.8) is 0 Å². The molecule has 2 amide bonds. The van der Waals surface area contributed by atoms with Gasteiger partial charge in [-0.25, -0.2) is 0 Å². The van der Waals surface area contributed by atoms with Crippen LogP contribution >= 0.6 is 15.9 Å². The SMILES string of the molecule is COc1cc(C(=O)N2CCN(C(=O)CCC3CCCC3)CC2)cc(OC)c1Br. The van der Waals surface area contributed by atoms with Crippen molar-refractivity contribution in [3.05, 3.63) is 22.2 Å². The predicted molar refractivity (Wildman–Crippen MR) is 111 cm³/mol. The van der Waals surface area contributed by atoms with Gasteiger partial charge in [-0.05, 0) is 40.4 Å². The molecule has 2 fully saturated rings. The van der Waals surface area contributed by atoms with Crippen LogP contribution in [-0.4, -0.2) is 62.0 Å². The third-order valence-corrected chi connectivity index (χ3v) is 6.63. The van der Waals surface area contributed by atoms with E-state index in [0.29, 0.717) is 54.1 Å². The van der Waals surface area contributed by atoms with Crippen LogP contribution in [0.25, 0.3) is 0 Å². The first-order chi connectivity index (χ1) is 13.5. The van der Waals surface area contributed by atoms with E-state index < -0.39 is 0 Å². The van der Waals surface area contributed by atoms with Gasteiger partial charge in [-0.1, -0.05) is 25.7 Å². The van der Waals surface area contributed by atoms with Crippen LogP contribution in [0.3, 0.4) is 0 Å². The summed E-state index contributed by atoms with van der Waals surface area (Å²) < 4.78 is 11.4. The number of piperazine rings is 1. The maximum absolute atomic E-state index is 12.9. The van der Waals surface area contributed by atoms with Gasteiger partial charge in [0.05, 0.1) is 14.2 Å². The van der Waals surface area contributed by atoms with Crippen molar-refractivity contribution in [2.75, 3.05) is 40.4 Å². The first-order valence-corrected chi connectivity index (χ1v) is 10.8. The third kappa shape index (κ3) is 4.80. The molecule has 0 N–H and O–H groups in total. The summed E-state index contributed by atoms with van der Waals surface area (Å²) in [6, 6.07) is 3.43. The molecule has 154 valence electrons. The van der Waals surface area contributed by atoms with Crippen LogP contribution in [0.1, 0.15) is 48.9 Å². The van der Waals surface area contributed by atoms with E-state index in [2.05, 4.69) is 15.9 Å². The van der Waals surface area contributed by atoms with Gasteiger partial charge in [0, 0.05) is 38.2 Å². The number of carbonyl (C=O) groups excluding carboxylic acids is 2. The molecule has 1 saturated heterocycles. The molecule has 28 heavy (non-hydrogen) atoms. The molecule has 6 nitrogen and oxygen atoms in total. The van der Waals surface area contributed by atoms with E-state index in [-0.39, 0.29) is 11.8 Å². The van der Waals surface area contributed by atoms with Crippen LogP contribution < -0.4 is 9.47 Å². The maximum Gasteiger partial charge on any atom is 0.254 e. The molecule has 7 heteroatoms. The minimum absolute atomic E-state index is 0.0674. The molecular formula is C21H29BrN2O4. The Bertz CT molecular complexity index is 685. The Morgan fingerprint density at radius 1 is 1.00 bits per heavy atom. The molecule has 0 unspecified atom stereocenters. The van der Waals surface area contributed by atoms with Crippen LogP contribution in [0.2, 0.25) is 0 Å². The molecule has 1 aromatic rings. The first kappa shape index (κ1) is 21.0. The normalized spacial score (nSPS) is 17.7. The van der Waals surface area contributed by atoms with Crippen molar-refractivity contribution in [1.29, 1.82) is 0 Å². The largest absolute Gasteiger partial charge is 0.495 e. The van der Waals surface area contributed by atoms with Gasteiger partial charge in [-0.15, -0.1) is 0 Å². The summed E-state index contributed by atoms with van der Waals surface area (Å²) in [5, 5.41) is 0. The molecule has 1 saturated carbocycles. The Morgan fingerprint density at radius 3 is 2.07 bits per heavy atom. The molecular weight excluding hydrogens is 424 g/mol. The predicted octanol–water partition coefficient (Wildman–Crippen LogP) is 3.72. The van der Waals surface area contributed by atoms with Gasteiger partial charge in [-0.2, -0.15) is 0 Å². The van der Waals surface area contributed by atoms with Gasteiger partial charge in [0.25, 0.3) is 5.91 Å². The Balaban J connectivity index is 1.55. The topological polar surface area (TPSA) is 59.1 Å². The lowest BCUT2D eigenvalue weighted by Gasteiger charge is -2.35. The summed E-state index contributed by atoms with van der Waals surface area (Å²) >= 11 is 3.42. The van der Waals surface area contributed by atoms with Gasteiger partial charge < -0.3 is 19.3 Å². The van der Waals surface area contributed by atoms with Crippen LogP contribution in [0.5, 0.6) is 11.5 Å². The standard InChI is InChI=1S/C21H29BrN2O4/c1-27-17-13-16(14-18(28-2)20(17)22)21(26)24-11-9-23(10-12-24)19(25)8-7-15-5-3-4-6-15/h13-15H,3-12H2,1-2H3. The summed E-state index contributed by atoms with van der Waals surface area (Å²) in [5.74, 6) is 2.01. The van der Waals surface area contributed by atoms with Crippen LogP contribution in [-0.2, 0) is 4.79 Å². The lowest BCUT2D eigenvalue weighted by atomic mass is 10.0. The summed E-state index contributed by atoms with van der Waals surface area (Å²) in [4.78, 5) is 29.1. The minimum Gasteiger partial charge on any atom is -0.495 e. The van der Waals surface area contributed by atoms with Crippen LogP contribution in [0, 0.1) is 5.92 Å². The number of carbonyl (C=O) groups is 2. The fourth-order valence-corrected chi connectivity index (χ4v) is 4.67. The first-order valence-electron chi connectivity index (χ1n) is 10.0. The van der Waals surface area contributed by atoms with E-state index in [0.717, 1.165) is 12.3 Å². The lowest BCUT2D eigenvalue weighted by Crippen LogP contribution is -2.50. The van der Waals surface area contributed by atoms with Gasteiger partial charge in [0.2, 0.25) is 5.91 Å². The van der Waals surface area contributed by atoms with E-state index >= 15 is 0 Å². The molecule has 0 bridgehead atoms. The fraction of sp³-hybridized carbons (Fsp3) is 0.619. The Hall–Kier alpha value is -1.76. The number of nitrogens with zero attached hydrogens (tertiary/aromatic N) is 2. The molecule has 0 spiro atoms. The average Bonchev–Trinajstić information content (AvgIpc) is 3.25. The zero-order valence-electron chi connectivity index (χ0n) is 16.7. The molecule has 0 radical (unpaired) electrons. The third-order valence-electron chi connectivity index (χ3n) is 5.85. The van der Waals surface area contributed by atoms with Crippen molar-refractivity contribution >= 4 is 27.7 Å². The highest BCUT2D eigenvalue weighted by molar-refractivity contribution is 9.10. The summed E-state index contributed by atoms with van der Waals surface area (Å²) in [5.41, 5.74) is 0.526. The zero-order chi connectivity index (χ0) is 20.1. The van der Waals surface area contributed by atoms with Crippen molar-refractivity contribution in [1.82, 2.24) is 9.80 Å². The van der Waals surface area contributed by atoms with Gasteiger partial charge in [-0.3, -0.25) is 9.59 Å². The lowest BCUT2D eigenvalue weighted by molar-refractivity contribution is -0.133. The highest BCUT2D eigenvalue weighted by Crippen LogP contribution is 2.36. The molecule has 0 aromatic heterocycles. The highest BCUT2D eigenvalue weighted by Gasteiger charge is 2.26. The van der Waals surface area contributed by atoms with Crippen molar-refractivity contribution in [3.8, 4) is 11.5 Å².